The van der Waals surface area contributed by atoms with Crippen LogP contribution in [0.2, 0.25) is 0 Å². The number of carbonyl (C=O) groups is 11. The molecule has 0 unspecified atom stereocenters. The van der Waals surface area contributed by atoms with Crippen LogP contribution in [0.4, 0.5) is 0 Å². The smallest absolute Gasteiger partial charge is 0.326 e. The second-order valence-corrected chi connectivity index (χ2v) is 17.7. The first-order valence-corrected chi connectivity index (χ1v) is 22.8. The largest absolute Gasteiger partial charge is 0.481 e. The Morgan fingerprint density at radius 2 is 0.972 bits per heavy atom. The fourth-order valence-electron chi connectivity index (χ4n) is 6.92. The summed E-state index contributed by atoms with van der Waals surface area (Å²) in [6.07, 6.45) is -5.40. The van der Waals surface area contributed by atoms with Gasteiger partial charge in [-0.1, -0.05) is 88.4 Å². The number of rotatable bonds is 31. The highest BCUT2D eigenvalue weighted by Crippen LogP contribution is 2.13. The van der Waals surface area contributed by atoms with E-state index in [1.165, 1.54) is 0 Å². The zero-order chi connectivity index (χ0) is 53.5. The fraction of sp³-hybridized carbons (Fsp3) is 0.511. The van der Waals surface area contributed by atoms with E-state index >= 15 is 0 Å². The monoisotopic (exact) mass is 998 g/mol. The first-order valence-electron chi connectivity index (χ1n) is 22.8. The van der Waals surface area contributed by atoms with Gasteiger partial charge in [-0.05, 0) is 55.6 Å². The van der Waals surface area contributed by atoms with Crippen molar-refractivity contribution in [1.29, 1.82) is 0 Å². The van der Waals surface area contributed by atoms with Crippen LogP contribution >= 0.6 is 0 Å². The molecule has 9 atom stereocenters. The summed E-state index contributed by atoms with van der Waals surface area (Å²) < 4.78 is 0. The van der Waals surface area contributed by atoms with E-state index < -0.39 is 151 Å². The number of nitrogens with two attached hydrogens (primary N) is 1. The van der Waals surface area contributed by atoms with Crippen molar-refractivity contribution in [2.24, 2.45) is 17.6 Å². The molecule has 0 aromatic heterocycles. The fourth-order valence-corrected chi connectivity index (χ4v) is 6.92. The highest BCUT2D eigenvalue weighted by molar-refractivity contribution is 5.97. The summed E-state index contributed by atoms with van der Waals surface area (Å²) in [4.78, 5) is 141. The zero-order valence-corrected chi connectivity index (χ0v) is 40.1. The normalized spacial score (nSPS) is 14.9. The minimum atomic E-state index is -2.20. The number of carbonyl (C=O) groups excluding carboxylic acids is 7. The average Bonchev–Trinajstić information content (AvgIpc) is 3.29. The molecule has 24 heteroatoms. The minimum absolute atomic E-state index is 0.0174. The molecule has 0 bridgehead atoms. The molecule has 24 nitrogen and oxygen atoms in total. The molecule has 71 heavy (non-hydrogen) atoms. The van der Waals surface area contributed by atoms with Crippen molar-refractivity contribution in [1.82, 2.24) is 37.2 Å². The number of amides is 7. The second kappa shape index (κ2) is 29.5. The lowest BCUT2D eigenvalue weighted by Crippen LogP contribution is -2.61. The van der Waals surface area contributed by atoms with Gasteiger partial charge in [0, 0.05) is 19.3 Å². The number of hydrogen-bond donors (Lipinski definition) is 13. The van der Waals surface area contributed by atoms with Gasteiger partial charge in [0.1, 0.15) is 36.3 Å². The molecule has 2 aromatic rings. The maximum Gasteiger partial charge on any atom is 0.326 e. The summed E-state index contributed by atoms with van der Waals surface area (Å²) >= 11 is 0. The molecule has 0 aliphatic rings. The van der Waals surface area contributed by atoms with Gasteiger partial charge in [0.05, 0.1) is 18.5 Å². The van der Waals surface area contributed by atoms with Gasteiger partial charge in [-0.2, -0.15) is 0 Å². The quantitative estimate of drug-likeness (QED) is 0.0412. The van der Waals surface area contributed by atoms with E-state index in [0.29, 0.717) is 11.1 Å². The predicted molar refractivity (Wildman–Crippen MR) is 251 cm³/mol. The Morgan fingerprint density at radius 3 is 1.48 bits per heavy atom. The van der Waals surface area contributed by atoms with Crippen LogP contribution in [-0.2, 0) is 65.6 Å². The van der Waals surface area contributed by atoms with Gasteiger partial charge >= 0.3 is 23.9 Å². The molecular weight excluding hydrogens is 933 g/mol. The van der Waals surface area contributed by atoms with E-state index in [-0.39, 0.29) is 31.6 Å². The number of carboxylic acid groups (broad SMARTS) is 4. The van der Waals surface area contributed by atoms with E-state index in [4.69, 9.17) is 10.8 Å². The number of carboxylic acids is 4. The summed E-state index contributed by atoms with van der Waals surface area (Å²) in [5, 5.41) is 65.8. The van der Waals surface area contributed by atoms with Crippen molar-refractivity contribution < 1.29 is 78.3 Å². The molecule has 0 aliphatic carbocycles. The molecule has 0 heterocycles. The van der Waals surface area contributed by atoms with Gasteiger partial charge < -0.3 is 68.5 Å². The van der Waals surface area contributed by atoms with Crippen molar-refractivity contribution in [3.8, 4) is 0 Å². The molecular formula is C47H66N8O16. The molecule has 2 aromatic carbocycles. The zero-order valence-electron chi connectivity index (χ0n) is 40.1. The number of aliphatic hydroxyl groups excluding tert-OH is 1. The van der Waals surface area contributed by atoms with Crippen molar-refractivity contribution in [3.05, 3.63) is 71.8 Å². The summed E-state index contributed by atoms with van der Waals surface area (Å²) in [7, 11) is 0. The van der Waals surface area contributed by atoms with E-state index in [0.717, 1.165) is 6.92 Å². The Labute approximate surface area is 409 Å². The summed E-state index contributed by atoms with van der Waals surface area (Å²) in [6, 6.07) is 4.47. The number of aliphatic carboxylic acids is 4. The predicted octanol–water partition coefficient (Wildman–Crippen LogP) is -1.44. The van der Waals surface area contributed by atoms with Crippen molar-refractivity contribution >= 4 is 65.2 Å². The van der Waals surface area contributed by atoms with Crippen LogP contribution in [0.25, 0.3) is 0 Å². The minimum Gasteiger partial charge on any atom is -0.481 e. The molecule has 0 spiro atoms. The van der Waals surface area contributed by atoms with E-state index in [9.17, 15) is 73.2 Å². The van der Waals surface area contributed by atoms with Crippen LogP contribution in [0.3, 0.4) is 0 Å². The first-order chi connectivity index (χ1) is 33.3. The van der Waals surface area contributed by atoms with Crippen molar-refractivity contribution in [3.63, 3.8) is 0 Å². The van der Waals surface area contributed by atoms with E-state index in [1.807, 2.05) is 0 Å². The molecule has 14 N–H and O–H groups in total. The first kappa shape index (κ1) is 59.7. The van der Waals surface area contributed by atoms with Crippen LogP contribution in [0.15, 0.2) is 60.7 Å². The molecule has 0 aliphatic heterocycles. The Bertz CT molecular complexity index is 2180. The Kier molecular flexibility index (Phi) is 24.8. The lowest BCUT2D eigenvalue weighted by molar-refractivity contribution is -0.143. The standard InChI is InChI=1S/C47H66N8O16/c1-24(2)20-32(52-45(68)38(25(3)4)55-41(64)29(48)16-18-35(56)57)44(67)51-31(21-27-12-8-6-9-13-27)39(62)46(69)53-33(23-37(60)61)43(66)49-26(5)40(63)50-30(17-19-36(58)59)42(65)54-34(47(70)71)22-28-14-10-7-11-15-28/h6-15,24-26,29-34,38-39,62H,16-23,48H2,1-5H3,(H,49,66)(H,50,63)(H,51,67)(H,52,68)(H,53,69)(H,54,65)(H,55,64)(H,56,57)(H,58,59)(H,60,61)(H,70,71)/t26-,29-,30-,31+,32-,33-,34-,38-,39+/m0/s1. The van der Waals surface area contributed by atoms with E-state index in [2.05, 4.69) is 37.2 Å². The molecule has 0 saturated heterocycles. The molecule has 0 fully saturated rings. The van der Waals surface area contributed by atoms with Gasteiger partial charge in [-0.25, -0.2) is 4.79 Å². The number of benzene rings is 2. The van der Waals surface area contributed by atoms with Crippen LogP contribution in [-0.4, -0.2) is 145 Å². The van der Waals surface area contributed by atoms with Gasteiger partial charge in [0.15, 0.2) is 6.10 Å². The lowest BCUT2D eigenvalue weighted by Gasteiger charge is -2.30. The maximum absolute atomic E-state index is 14.0. The van der Waals surface area contributed by atoms with Gasteiger partial charge in [-0.3, -0.25) is 47.9 Å². The third kappa shape index (κ3) is 21.8. The van der Waals surface area contributed by atoms with Gasteiger partial charge in [0.2, 0.25) is 35.4 Å². The third-order valence-corrected chi connectivity index (χ3v) is 10.8. The van der Waals surface area contributed by atoms with Crippen molar-refractivity contribution in [2.45, 2.75) is 140 Å². The van der Waals surface area contributed by atoms with Crippen molar-refractivity contribution in [2.75, 3.05) is 0 Å². The molecule has 2 rings (SSSR count). The highest BCUT2D eigenvalue weighted by atomic mass is 16.4. The Morgan fingerprint density at radius 1 is 0.493 bits per heavy atom. The van der Waals surface area contributed by atoms with Crippen LogP contribution in [0.1, 0.15) is 84.3 Å². The molecule has 390 valence electrons. The Balaban J connectivity index is 2.32. The third-order valence-electron chi connectivity index (χ3n) is 10.8. The van der Waals surface area contributed by atoms with E-state index in [1.54, 1.807) is 88.4 Å². The lowest BCUT2D eigenvalue weighted by atomic mass is 9.97. The summed E-state index contributed by atoms with van der Waals surface area (Å²) in [5.74, 6) is -13.6. The van der Waals surface area contributed by atoms with Gasteiger partial charge in [-0.15, -0.1) is 0 Å². The van der Waals surface area contributed by atoms with Gasteiger partial charge in [0.25, 0.3) is 5.91 Å². The Hall–Kier alpha value is -7.47. The summed E-state index contributed by atoms with van der Waals surface area (Å²) in [5.41, 5.74) is 6.89. The van der Waals surface area contributed by atoms with Crippen LogP contribution in [0.5, 0.6) is 0 Å². The average molecular weight is 999 g/mol. The SMILES string of the molecule is CC(C)C[C@H](NC(=O)[C@@H](NC(=O)[C@@H](N)CCC(=O)O)C(C)C)C(=O)N[C@H](Cc1ccccc1)[C@@H](O)C(=O)N[C@@H](CC(=O)O)C(=O)N[C@@H](C)C(=O)N[C@@H](CCC(=O)O)C(=O)N[C@@H](Cc1ccccc1)C(=O)O. The second-order valence-electron chi connectivity index (χ2n) is 17.7. The number of hydrogen-bond acceptors (Lipinski definition) is 13. The highest BCUT2D eigenvalue weighted by Gasteiger charge is 2.37. The molecule has 7 amide bonds. The molecule has 0 radical (unpaired) electrons. The summed E-state index contributed by atoms with van der Waals surface area (Å²) in [6.45, 7) is 7.83. The topological polar surface area (TPSA) is 399 Å². The maximum atomic E-state index is 14.0. The number of aliphatic hydroxyl groups is 1. The number of nitrogens with one attached hydrogen (secondary N) is 7. The molecule has 0 saturated carbocycles. The van der Waals surface area contributed by atoms with Crippen LogP contribution in [0, 0.1) is 11.8 Å². The van der Waals surface area contributed by atoms with Crippen LogP contribution < -0.4 is 43.0 Å².